The normalized spacial score (nSPS) is 11.6. The second kappa shape index (κ2) is 5.39. The molecule has 7 heteroatoms. The Bertz CT molecular complexity index is 437. The van der Waals surface area contributed by atoms with Gasteiger partial charge in [0.2, 0.25) is 0 Å². The molecule has 1 rings (SSSR count). The maximum absolute atomic E-state index is 10.7. The van der Waals surface area contributed by atoms with Gasteiger partial charge in [0.15, 0.2) is 0 Å². The second-order valence-corrected chi connectivity index (χ2v) is 3.91. The Morgan fingerprint density at radius 2 is 1.88 bits per heavy atom. The van der Waals surface area contributed by atoms with Gasteiger partial charge in [0.05, 0.1) is 21.5 Å². The first-order chi connectivity index (χ1) is 7.45. The molecule has 0 radical (unpaired) electrons. The number of hydrogen-bond donors (Lipinski definition) is 2. The quantitative estimate of drug-likeness (QED) is 0.508. The van der Waals surface area contributed by atoms with Crippen LogP contribution in [0.2, 0.25) is 10.0 Å². The minimum Gasteiger partial charge on any atom is -0.478 e. The van der Waals surface area contributed by atoms with E-state index in [4.69, 9.17) is 45.6 Å². The number of benzene rings is 1. The molecule has 0 aliphatic heterocycles. The van der Waals surface area contributed by atoms with Crippen molar-refractivity contribution in [2.45, 2.75) is 0 Å². The van der Waals surface area contributed by atoms with E-state index in [2.05, 4.69) is 4.99 Å². The maximum Gasteiger partial charge on any atom is 0.335 e. The molecule has 3 N–H and O–H groups in total. The summed E-state index contributed by atoms with van der Waals surface area (Å²) in [4.78, 5) is 14.6. The number of nitrogens with zero attached hydrogens (tertiary/aromatic N) is 1. The van der Waals surface area contributed by atoms with Crippen molar-refractivity contribution in [3.05, 3.63) is 27.7 Å². The third kappa shape index (κ3) is 3.01. The van der Waals surface area contributed by atoms with E-state index in [1.165, 1.54) is 12.1 Å². The number of amidine groups is 1. The molecule has 0 aliphatic carbocycles. The van der Waals surface area contributed by atoms with Crippen LogP contribution in [-0.4, -0.2) is 22.8 Å². The Labute approximate surface area is 107 Å². The molecule has 0 bridgehead atoms. The molecular weight excluding hydrogens is 274 g/mol. The van der Waals surface area contributed by atoms with Crippen LogP contribution >= 0.6 is 34.8 Å². The maximum atomic E-state index is 10.7. The third-order valence-corrected chi connectivity index (χ3v) is 2.51. The van der Waals surface area contributed by atoms with Gasteiger partial charge in [-0.3, -0.25) is 0 Å². The van der Waals surface area contributed by atoms with Crippen LogP contribution in [0.15, 0.2) is 17.1 Å². The fourth-order valence-electron chi connectivity index (χ4n) is 0.969. The Morgan fingerprint density at radius 1 is 1.38 bits per heavy atom. The first-order valence-electron chi connectivity index (χ1n) is 4.07. The smallest absolute Gasteiger partial charge is 0.335 e. The van der Waals surface area contributed by atoms with E-state index in [0.29, 0.717) is 0 Å². The second-order valence-electron chi connectivity index (χ2n) is 2.83. The zero-order valence-corrected chi connectivity index (χ0v) is 10.1. The summed E-state index contributed by atoms with van der Waals surface area (Å²) in [5.41, 5.74) is 5.62. The summed E-state index contributed by atoms with van der Waals surface area (Å²) < 4.78 is 0. The first-order valence-corrected chi connectivity index (χ1v) is 5.36. The van der Waals surface area contributed by atoms with Crippen LogP contribution < -0.4 is 5.73 Å². The molecule has 1 aromatic rings. The number of carboxylic acids is 1. The van der Waals surface area contributed by atoms with E-state index < -0.39 is 5.97 Å². The molecule has 0 atom stereocenters. The SMILES string of the molecule is NC(CCl)=Nc1c(Cl)cc(C(=O)O)cc1Cl. The van der Waals surface area contributed by atoms with E-state index in [9.17, 15) is 4.79 Å². The van der Waals surface area contributed by atoms with Gasteiger partial charge in [0, 0.05) is 0 Å². The lowest BCUT2D eigenvalue weighted by Crippen LogP contribution is -2.12. The average Bonchev–Trinajstić information content (AvgIpc) is 2.22. The lowest BCUT2D eigenvalue weighted by Gasteiger charge is -2.04. The van der Waals surface area contributed by atoms with Crippen molar-refractivity contribution < 1.29 is 9.90 Å². The number of halogens is 3. The molecule has 86 valence electrons. The van der Waals surface area contributed by atoms with Gasteiger partial charge in [-0.2, -0.15) is 0 Å². The number of carboxylic acid groups (broad SMARTS) is 1. The van der Waals surface area contributed by atoms with Gasteiger partial charge >= 0.3 is 5.97 Å². The van der Waals surface area contributed by atoms with Gasteiger partial charge in [0.25, 0.3) is 0 Å². The topological polar surface area (TPSA) is 75.7 Å². The third-order valence-electron chi connectivity index (χ3n) is 1.66. The predicted molar refractivity (Wildman–Crippen MR) is 65.4 cm³/mol. The number of nitrogens with two attached hydrogens (primary N) is 1. The lowest BCUT2D eigenvalue weighted by atomic mass is 10.2. The Hall–Kier alpha value is -0.970. The van der Waals surface area contributed by atoms with E-state index in [1.807, 2.05) is 0 Å². The van der Waals surface area contributed by atoms with Crippen LogP contribution in [0.5, 0.6) is 0 Å². The molecule has 1 aromatic carbocycles. The fraction of sp³-hybridized carbons (Fsp3) is 0.111. The van der Waals surface area contributed by atoms with E-state index in [1.54, 1.807) is 0 Å². The van der Waals surface area contributed by atoms with Crippen molar-refractivity contribution in [1.29, 1.82) is 0 Å². The van der Waals surface area contributed by atoms with E-state index in [0.717, 1.165) is 0 Å². The Morgan fingerprint density at radius 3 is 2.25 bits per heavy atom. The van der Waals surface area contributed by atoms with Crippen LogP contribution in [-0.2, 0) is 0 Å². The number of rotatable bonds is 3. The van der Waals surface area contributed by atoms with Crippen molar-refractivity contribution in [2.75, 3.05) is 5.88 Å². The Balaban J connectivity index is 3.28. The highest BCUT2D eigenvalue weighted by Gasteiger charge is 2.11. The molecule has 0 saturated carbocycles. The van der Waals surface area contributed by atoms with E-state index in [-0.39, 0.29) is 33.0 Å². The average molecular weight is 282 g/mol. The number of alkyl halides is 1. The van der Waals surface area contributed by atoms with Gasteiger partial charge in [-0.25, -0.2) is 9.79 Å². The molecule has 0 heterocycles. The zero-order valence-electron chi connectivity index (χ0n) is 7.88. The van der Waals surface area contributed by atoms with Crippen LogP contribution in [0.1, 0.15) is 10.4 Å². The highest BCUT2D eigenvalue weighted by molar-refractivity contribution is 6.39. The summed E-state index contributed by atoms with van der Waals surface area (Å²) in [6, 6.07) is 2.49. The largest absolute Gasteiger partial charge is 0.478 e. The predicted octanol–water partition coefficient (Wildman–Crippen LogP) is 2.92. The van der Waals surface area contributed by atoms with Crippen molar-refractivity contribution in [2.24, 2.45) is 10.7 Å². The van der Waals surface area contributed by atoms with Crippen molar-refractivity contribution in [1.82, 2.24) is 0 Å². The van der Waals surface area contributed by atoms with Crippen molar-refractivity contribution >= 4 is 52.3 Å². The van der Waals surface area contributed by atoms with Gasteiger partial charge in [-0.15, -0.1) is 11.6 Å². The summed E-state index contributed by atoms with van der Waals surface area (Å²) in [7, 11) is 0. The molecular formula is C9H7Cl3N2O2. The lowest BCUT2D eigenvalue weighted by molar-refractivity contribution is 0.0697. The van der Waals surface area contributed by atoms with Gasteiger partial charge < -0.3 is 10.8 Å². The fourth-order valence-corrected chi connectivity index (χ4v) is 1.60. The van der Waals surface area contributed by atoms with Crippen molar-refractivity contribution in [3.63, 3.8) is 0 Å². The molecule has 0 amide bonds. The van der Waals surface area contributed by atoms with Crippen LogP contribution in [0.3, 0.4) is 0 Å². The molecule has 0 aliphatic rings. The number of aliphatic imine (C=N–C) groups is 1. The minimum absolute atomic E-state index is 0.0154. The van der Waals surface area contributed by atoms with Gasteiger partial charge in [-0.1, -0.05) is 23.2 Å². The zero-order chi connectivity index (χ0) is 12.3. The molecule has 16 heavy (non-hydrogen) atoms. The summed E-state index contributed by atoms with van der Waals surface area (Å²) in [6.45, 7) is 0. The summed E-state index contributed by atoms with van der Waals surface area (Å²) in [5.74, 6) is -0.939. The molecule has 4 nitrogen and oxygen atoms in total. The van der Waals surface area contributed by atoms with Crippen LogP contribution in [0.25, 0.3) is 0 Å². The molecule has 0 spiro atoms. The number of aromatic carboxylic acids is 1. The summed E-state index contributed by atoms with van der Waals surface area (Å²) in [6.07, 6.45) is 0. The molecule has 0 aromatic heterocycles. The highest BCUT2D eigenvalue weighted by atomic mass is 35.5. The minimum atomic E-state index is -1.12. The molecule has 0 unspecified atom stereocenters. The Kier molecular flexibility index (Phi) is 4.41. The first kappa shape index (κ1) is 13.1. The molecule has 0 fully saturated rings. The highest BCUT2D eigenvalue weighted by Crippen LogP contribution is 2.34. The monoisotopic (exact) mass is 280 g/mol. The standard InChI is InChI=1S/C9H7Cl3N2O2/c10-3-7(13)14-8-5(11)1-4(9(15)16)2-6(8)12/h1-2H,3H2,(H2,13,14)(H,15,16). The van der Waals surface area contributed by atoms with Gasteiger partial charge in [-0.05, 0) is 12.1 Å². The molecule has 0 saturated heterocycles. The van der Waals surface area contributed by atoms with Gasteiger partial charge in [0.1, 0.15) is 11.5 Å². The summed E-state index contributed by atoms with van der Waals surface area (Å²) >= 11 is 17.1. The number of carbonyl (C=O) groups is 1. The summed E-state index contributed by atoms with van der Waals surface area (Å²) in [5, 5.41) is 8.97. The van der Waals surface area contributed by atoms with Crippen molar-refractivity contribution in [3.8, 4) is 0 Å². The van der Waals surface area contributed by atoms with Crippen LogP contribution in [0, 0.1) is 0 Å². The number of hydrogen-bond acceptors (Lipinski definition) is 2. The van der Waals surface area contributed by atoms with Crippen LogP contribution in [0.4, 0.5) is 5.69 Å². The van der Waals surface area contributed by atoms with E-state index >= 15 is 0 Å².